The summed E-state index contributed by atoms with van der Waals surface area (Å²) in [5, 5.41) is 19.4. The van der Waals surface area contributed by atoms with Crippen LogP contribution in [-0.4, -0.2) is 27.0 Å². The van der Waals surface area contributed by atoms with Crippen molar-refractivity contribution in [3.8, 4) is 0 Å². The van der Waals surface area contributed by atoms with E-state index in [0.29, 0.717) is 17.5 Å². The van der Waals surface area contributed by atoms with Gasteiger partial charge in [-0.05, 0) is 12.8 Å². The molecule has 0 bridgehead atoms. The van der Waals surface area contributed by atoms with Crippen molar-refractivity contribution in [3.63, 3.8) is 0 Å². The summed E-state index contributed by atoms with van der Waals surface area (Å²) < 4.78 is 5.18. The predicted molar refractivity (Wildman–Crippen MR) is 57.0 cm³/mol. The van der Waals surface area contributed by atoms with E-state index >= 15 is 0 Å². The number of aryl methyl sites for hydroxylation is 1. The third-order valence-corrected chi connectivity index (χ3v) is 2.59. The summed E-state index contributed by atoms with van der Waals surface area (Å²) in [5.74, 6) is 1.74. The molecule has 1 rings (SSSR count). The number of unbranched alkanes of at least 4 members (excludes halogenated alkanes) is 1. The molecule has 1 aromatic heterocycles. The van der Waals surface area contributed by atoms with E-state index < -0.39 is 0 Å². The van der Waals surface area contributed by atoms with Gasteiger partial charge in [-0.3, -0.25) is 0 Å². The van der Waals surface area contributed by atoms with Gasteiger partial charge in [-0.1, -0.05) is 16.9 Å². The predicted octanol–water partition coefficient (Wildman–Crippen LogP) is 1.39. The fraction of sp³-hybridized carbons (Fsp3) is 0.625. The molecule has 0 aromatic carbocycles. The number of amidine groups is 1. The molecule has 3 N–H and O–H groups in total. The number of nitrogens with zero attached hydrogens (tertiary/aromatic N) is 3. The SMILES string of the molecule is Cc1nnc(SCCCCC(N)=NO)o1. The summed E-state index contributed by atoms with van der Waals surface area (Å²) in [7, 11) is 0. The Kier molecular flexibility index (Phi) is 4.96. The Morgan fingerprint density at radius 1 is 1.53 bits per heavy atom. The van der Waals surface area contributed by atoms with Gasteiger partial charge < -0.3 is 15.4 Å². The molecule has 0 radical (unpaired) electrons. The zero-order chi connectivity index (χ0) is 11.1. The molecule has 0 atom stereocenters. The highest BCUT2D eigenvalue weighted by atomic mass is 32.2. The van der Waals surface area contributed by atoms with E-state index in [1.54, 1.807) is 6.92 Å². The van der Waals surface area contributed by atoms with Crippen LogP contribution in [-0.2, 0) is 0 Å². The van der Waals surface area contributed by atoms with Crippen LogP contribution in [0.5, 0.6) is 0 Å². The Balaban J connectivity index is 2.07. The van der Waals surface area contributed by atoms with Crippen LogP contribution in [0.4, 0.5) is 0 Å². The Morgan fingerprint density at radius 3 is 2.93 bits per heavy atom. The fourth-order valence-corrected chi connectivity index (χ4v) is 1.76. The molecule has 0 aliphatic rings. The van der Waals surface area contributed by atoms with Gasteiger partial charge in [0.2, 0.25) is 5.89 Å². The lowest BCUT2D eigenvalue weighted by Crippen LogP contribution is -2.10. The summed E-state index contributed by atoms with van der Waals surface area (Å²) >= 11 is 1.52. The molecule has 0 spiro atoms. The molecule has 0 aliphatic carbocycles. The van der Waals surface area contributed by atoms with Crippen LogP contribution in [0.15, 0.2) is 14.8 Å². The lowest BCUT2D eigenvalue weighted by atomic mass is 10.2. The van der Waals surface area contributed by atoms with Gasteiger partial charge in [0.25, 0.3) is 5.22 Å². The first-order valence-electron chi connectivity index (χ1n) is 4.61. The van der Waals surface area contributed by atoms with Crippen molar-refractivity contribution in [2.45, 2.75) is 31.4 Å². The van der Waals surface area contributed by atoms with E-state index in [9.17, 15) is 0 Å². The van der Waals surface area contributed by atoms with Crippen LogP contribution in [0.1, 0.15) is 25.2 Å². The third kappa shape index (κ3) is 4.68. The van der Waals surface area contributed by atoms with Crippen molar-refractivity contribution < 1.29 is 9.62 Å². The Bertz CT molecular complexity index is 326. The molecule has 0 saturated heterocycles. The van der Waals surface area contributed by atoms with Crippen LogP contribution >= 0.6 is 11.8 Å². The highest BCUT2D eigenvalue weighted by Gasteiger charge is 2.02. The van der Waals surface area contributed by atoms with Gasteiger partial charge in [0.05, 0.1) is 0 Å². The second-order valence-corrected chi connectivity index (χ2v) is 4.03. The molecule has 84 valence electrons. The highest BCUT2D eigenvalue weighted by molar-refractivity contribution is 7.99. The zero-order valence-corrected chi connectivity index (χ0v) is 9.33. The third-order valence-electron chi connectivity index (χ3n) is 1.69. The van der Waals surface area contributed by atoms with Crippen molar-refractivity contribution in [1.29, 1.82) is 0 Å². The summed E-state index contributed by atoms with van der Waals surface area (Å²) in [4.78, 5) is 0. The topological polar surface area (TPSA) is 97.5 Å². The summed E-state index contributed by atoms with van der Waals surface area (Å²) in [6, 6.07) is 0. The first-order chi connectivity index (χ1) is 7.22. The number of aromatic nitrogens is 2. The molecular weight excluding hydrogens is 216 g/mol. The van der Waals surface area contributed by atoms with Crippen molar-refractivity contribution in [1.82, 2.24) is 10.2 Å². The maximum atomic E-state index is 8.30. The van der Waals surface area contributed by atoms with Gasteiger partial charge in [0.15, 0.2) is 0 Å². The lowest BCUT2D eigenvalue weighted by Gasteiger charge is -1.97. The standard InChI is InChI=1S/C8H14N4O2S/c1-6-10-11-8(14-6)15-5-3-2-4-7(9)12-13/h13H,2-5H2,1H3,(H2,9,12). The molecule has 7 heteroatoms. The van der Waals surface area contributed by atoms with E-state index in [-0.39, 0.29) is 5.84 Å². The fourth-order valence-electron chi connectivity index (χ4n) is 0.954. The molecule has 0 fully saturated rings. The van der Waals surface area contributed by atoms with E-state index in [2.05, 4.69) is 15.4 Å². The highest BCUT2D eigenvalue weighted by Crippen LogP contribution is 2.17. The van der Waals surface area contributed by atoms with E-state index in [1.807, 2.05) is 0 Å². The number of hydrogen-bond donors (Lipinski definition) is 2. The minimum Gasteiger partial charge on any atom is -0.416 e. The maximum absolute atomic E-state index is 8.30. The second-order valence-electron chi connectivity index (χ2n) is 2.98. The maximum Gasteiger partial charge on any atom is 0.276 e. The largest absolute Gasteiger partial charge is 0.416 e. The van der Waals surface area contributed by atoms with E-state index in [1.165, 1.54) is 11.8 Å². The Hall–Kier alpha value is -1.24. The van der Waals surface area contributed by atoms with Crippen molar-refractivity contribution in [3.05, 3.63) is 5.89 Å². The van der Waals surface area contributed by atoms with Crippen molar-refractivity contribution >= 4 is 17.6 Å². The van der Waals surface area contributed by atoms with Crippen LogP contribution in [0, 0.1) is 6.92 Å². The van der Waals surface area contributed by atoms with Crippen molar-refractivity contribution in [2.75, 3.05) is 5.75 Å². The minimum atomic E-state index is 0.272. The van der Waals surface area contributed by atoms with E-state index in [0.717, 1.165) is 18.6 Å². The summed E-state index contributed by atoms with van der Waals surface area (Å²) in [6.07, 6.45) is 2.46. The summed E-state index contributed by atoms with van der Waals surface area (Å²) in [5.41, 5.74) is 5.32. The Morgan fingerprint density at radius 2 is 2.33 bits per heavy atom. The molecule has 0 aliphatic heterocycles. The van der Waals surface area contributed by atoms with E-state index in [4.69, 9.17) is 15.4 Å². The van der Waals surface area contributed by atoms with Gasteiger partial charge >= 0.3 is 0 Å². The number of thioether (sulfide) groups is 1. The zero-order valence-electron chi connectivity index (χ0n) is 8.51. The van der Waals surface area contributed by atoms with Crippen LogP contribution in [0.25, 0.3) is 0 Å². The first kappa shape index (κ1) is 11.8. The van der Waals surface area contributed by atoms with Crippen LogP contribution in [0.3, 0.4) is 0 Å². The van der Waals surface area contributed by atoms with Crippen LogP contribution < -0.4 is 5.73 Å². The average molecular weight is 230 g/mol. The molecule has 0 unspecified atom stereocenters. The molecule has 0 saturated carbocycles. The quantitative estimate of drug-likeness (QED) is 0.191. The number of oxime groups is 1. The molecule has 15 heavy (non-hydrogen) atoms. The first-order valence-corrected chi connectivity index (χ1v) is 5.60. The van der Waals surface area contributed by atoms with Gasteiger partial charge in [-0.25, -0.2) is 0 Å². The van der Waals surface area contributed by atoms with Gasteiger partial charge in [-0.2, -0.15) is 0 Å². The lowest BCUT2D eigenvalue weighted by molar-refractivity contribution is 0.316. The monoisotopic (exact) mass is 230 g/mol. The normalized spacial score (nSPS) is 11.9. The summed E-state index contributed by atoms with van der Waals surface area (Å²) in [6.45, 7) is 1.76. The Labute approximate surface area is 91.9 Å². The smallest absolute Gasteiger partial charge is 0.276 e. The van der Waals surface area contributed by atoms with Gasteiger partial charge in [-0.15, -0.1) is 10.2 Å². The molecular formula is C8H14N4O2S. The second kappa shape index (κ2) is 6.28. The number of hydrogen-bond acceptors (Lipinski definition) is 6. The molecule has 0 amide bonds. The van der Waals surface area contributed by atoms with Crippen LogP contribution in [0.2, 0.25) is 0 Å². The average Bonchev–Trinajstić information content (AvgIpc) is 2.63. The van der Waals surface area contributed by atoms with Gasteiger partial charge in [0.1, 0.15) is 5.84 Å². The minimum absolute atomic E-state index is 0.272. The molecule has 1 aromatic rings. The number of rotatable bonds is 6. The molecule has 6 nitrogen and oxygen atoms in total. The number of nitrogens with two attached hydrogens (primary N) is 1. The van der Waals surface area contributed by atoms with Gasteiger partial charge in [0, 0.05) is 19.1 Å². The molecule has 1 heterocycles. The van der Waals surface area contributed by atoms with Crippen molar-refractivity contribution in [2.24, 2.45) is 10.9 Å².